The SMILES string of the molecule is COc1cc(/C=C/C(=O)OC2OCC(O)C(O)C2O)ccc1O. The number of ether oxygens (including phenoxy) is 3. The van der Waals surface area contributed by atoms with E-state index < -0.39 is 30.6 Å². The van der Waals surface area contributed by atoms with E-state index in [4.69, 9.17) is 14.2 Å². The van der Waals surface area contributed by atoms with Crippen LogP contribution in [0.3, 0.4) is 0 Å². The van der Waals surface area contributed by atoms with Gasteiger partial charge in [-0.3, -0.25) is 0 Å². The van der Waals surface area contributed by atoms with Gasteiger partial charge in [-0.15, -0.1) is 0 Å². The highest BCUT2D eigenvalue weighted by molar-refractivity contribution is 5.87. The number of hydrogen-bond acceptors (Lipinski definition) is 8. The number of hydrogen-bond donors (Lipinski definition) is 4. The molecule has 126 valence electrons. The minimum Gasteiger partial charge on any atom is -0.504 e. The molecule has 4 N–H and O–H groups in total. The number of benzene rings is 1. The Balaban J connectivity index is 1.96. The number of aliphatic hydroxyl groups is 3. The van der Waals surface area contributed by atoms with Gasteiger partial charge in [0.05, 0.1) is 13.7 Å². The van der Waals surface area contributed by atoms with Gasteiger partial charge in [-0.25, -0.2) is 4.79 Å². The summed E-state index contributed by atoms with van der Waals surface area (Å²) in [6.45, 7) is -0.255. The topological polar surface area (TPSA) is 126 Å². The quantitative estimate of drug-likeness (QED) is 0.427. The van der Waals surface area contributed by atoms with Gasteiger partial charge in [0.2, 0.25) is 6.29 Å². The first kappa shape index (κ1) is 17.2. The van der Waals surface area contributed by atoms with Crippen molar-refractivity contribution in [1.82, 2.24) is 0 Å². The molecule has 8 nitrogen and oxygen atoms in total. The van der Waals surface area contributed by atoms with Crippen LogP contribution >= 0.6 is 0 Å². The van der Waals surface area contributed by atoms with Gasteiger partial charge in [-0.05, 0) is 23.8 Å². The highest BCUT2D eigenvalue weighted by Crippen LogP contribution is 2.26. The molecule has 0 spiro atoms. The molecule has 1 aromatic carbocycles. The van der Waals surface area contributed by atoms with Crippen LogP contribution < -0.4 is 4.74 Å². The second-order valence-corrected chi connectivity index (χ2v) is 4.95. The van der Waals surface area contributed by atoms with E-state index in [9.17, 15) is 25.2 Å². The van der Waals surface area contributed by atoms with E-state index in [1.165, 1.54) is 25.3 Å². The van der Waals surface area contributed by atoms with Crippen LogP contribution in [0.25, 0.3) is 6.08 Å². The highest BCUT2D eigenvalue weighted by atomic mass is 16.7. The summed E-state index contributed by atoms with van der Waals surface area (Å²) >= 11 is 0. The third-order valence-corrected chi connectivity index (χ3v) is 3.30. The standard InChI is InChI=1S/C15H18O8/c1-21-11-6-8(2-4-9(11)16)3-5-12(18)23-15-14(20)13(19)10(17)7-22-15/h2-6,10,13-17,19-20H,7H2,1H3/b5-3+. The second-order valence-electron chi connectivity index (χ2n) is 4.95. The van der Waals surface area contributed by atoms with Gasteiger partial charge in [0.15, 0.2) is 11.5 Å². The van der Waals surface area contributed by atoms with Gasteiger partial charge < -0.3 is 34.6 Å². The third kappa shape index (κ3) is 4.20. The molecule has 0 aromatic heterocycles. The lowest BCUT2D eigenvalue weighted by Crippen LogP contribution is -2.54. The maximum Gasteiger partial charge on any atom is 0.333 e. The average molecular weight is 326 g/mol. The van der Waals surface area contributed by atoms with Crippen molar-refractivity contribution in [3.05, 3.63) is 29.8 Å². The normalized spacial score (nSPS) is 27.8. The minimum absolute atomic E-state index is 0.0292. The van der Waals surface area contributed by atoms with Crippen molar-refractivity contribution >= 4 is 12.0 Å². The van der Waals surface area contributed by atoms with E-state index in [-0.39, 0.29) is 18.1 Å². The first-order valence-corrected chi connectivity index (χ1v) is 6.84. The molecule has 2 rings (SSSR count). The maximum absolute atomic E-state index is 11.7. The number of rotatable bonds is 4. The Bertz CT molecular complexity index is 585. The Morgan fingerprint density at radius 2 is 2.04 bits per heavy atom. The Labute approximate surface area is 132 Å². The lowest BCUT2D eigenvalue weighted by Gasteiger charge is -2.34. The molecule has 0 bridgehead atoms. The summed E-state index contributed by atoms with van der Waals surface area (Å²) in [4.78, 5) is 11.7. The summed E-state index contributed by atoms with van der Waals surface area (Å²) in [5.41, 5.74) is 0.581. The molecule has 1 aliphatic heterocycles. The molecular formula is C15H18O8. The number of methoxy groups -OCH3 is 1. The van der Waals surface area contributed by atoms with Crippen molar-refractivity contribution in [2.75, 3.05) is 13.7 Å². The van der Waals surface area contributed by atoms with E-state index >= 15 is 0 Å². The Morgan fingerprint density at radius 1 is 1.30 bits per heavy atom. The largest absolute Gasteiger partial charge is 0.504 e. The zero-order valence-corrected chi connectivity index (χ0v) is 12.3. The monoisotopic (exact) mass is 326 g/mol. The third-order valence-electron chi connectivity index (χ3n) is 3.30. The molecule has 1 saturated heterocycles. The fraction of sp³-hybridized carbons (Fsp3) is 0.400. The van der Waals surface area contributed by atoms with E-state index in [2.05, 4.69) is 0 Å². The van der Waals surface area contributed by atoms with Crippen molar-refractivity contribution in [2.45, 2.75) is 24.6 Å². The van der Waals surface area contributed by atoms with Crippen LogP contribution in [-0.2, 0) is 14.3 Å². The summed E-state index contributed by atoms with van der Waals surface area (Å²) < 4.78 is 14.8. The minimum atomic E-state index is -1.54. The Kier molecular flexibility index (Phi) is 5.56. The molecule has 23 heavy (non-hydrogen) atoms. The second kappa shape index (κ2) is 7.42. The zero-order chi connectivity index (χ0) is 17.0. The van der Waals surface area contributed by atoms with Crippen LogP contribution in [0, 0.1) is 0 Å². The lowest BCUT2D eigenvalue weighted by molar-refractivity contribution is -0.260. The summed E-state index contributed by atoms with van der Waals surface area (Å²) in [5.74, 6) is -0.577. The van der Waals surface area contributed by atoms with Crippen LogP contribution in [-0.4, -0.2) is 64.7 Å². The molecule has 8 heteroatoms. The van der Waals surface area contributed by atoms with Crippen LogP contribution in [0.2, 0.25) is 0 Å². The van der Waals surface area contributed by atoms with Crippen molar-refractivity contribution in [2.24, 2.45) is 0 Å². The number of phenols is 1. The van der Waals surface area contributed by atoms with Crippen LogP contribution in [0.15, 0.2) is 24.3 Å². The fourth-order valence-corrected chi connectivity index (χ4v) is 2.00. The van der Waals surface area contributed by atoms with E-state index in [1.54, 1.807) is 6.07 Å². The molecular weight excluding hydrogens is 308 g/mol. The number of carbonyl (C=O) groups excluding carboxylic acids is 1. The Morgan fingerprint density at radius 3 is 2.74 bits per heavy atom. The molecule has 1 fully saturated rings. The number of carbonyl (C=O) groups is 1. The first-order chi connectivity index (χ1) is 10.9. The van der Waals surface area contributed by atoms with Crippen molar-refractivity contribution in [3.8, 4) is 11.5 Å². The number of esters is 1. The molecule has 1 heterocycles. The summed E-state index contributed by atoms with van der Waals surface area (Å²) in [5, 5.41) is 37.9. The van der Waals surface area contributed by atoms with Crippen molar-refractivity contribution < 1.29 is 39.4 Å². The summed E-state index contributed by atoms with van der Waals surface area (Å²) in [7, 11) is 1.40. The van der Waals surface area contributed by atoms with Gasteiger partial charge in [-0.1, -0.05) is 6.07 Å². The highest BCUT2D eigenvalue weighted by Gasteiger charge is 2.39. The zero-order valence-electron chi connectivity index (χ0n) is 12.3. The van der Waals surface area contributed by atoms with Gasteiger partial charge in [0, 0.05) is 6.08 Å². The molecule has 1 aromatic rings. The van der Waals surface area contributed by atoms with E-state index in [0.717, 1.165) is 6.08 Å². The average Bonchev–Trinajstić information content (AvgIpc) is 2.54. The lowest BCUT2D eigenvalue weighted by atomic mass is 10.1. The molecule has 4 unspecified atom stereocenters. The van der Waals surface area contributed by atoms with Crippen LogP contribution in [0.4, 0.5) is 0 Å². The molecule has 0 aliphatic carbocycles. The predicted molar refractivity (Wildman–Crippen MR) is 77.5 cm³/mol. The van der Waals surface area contributed by atoms with Gasteiger partial charge >= 0.3 is 5.97 Å². The van der Waals surface area contributed by atoms with Crippen molar-refractivity contribution in [3.63, 3.8) is 0 Å². The van der Waals surface area contributed by atoms with Gasteiger partial charge in [0.1, 0.15) is 18.3 Å². The fourth-order valence-electron chi connectivity index (χ4n) is 2.00. The van der Waals surface area contributed by atoms with Crippen molar-refractivity contribution in [1.29, 1.82) is 0 Å². The predicted octanol–water partition coefficient (Wildman–Crippen LogP) is -0.604. The molecule has 1 aliphatic rings. The smallest absolute Gasteiger partial charge is 0.333 e. The van der Waals surface area contributed by atoms with Gasteiger partial charge in [-0.2, -0.15) is 0 Å². The maximum atomic E-state index is 11.7. The summed E-state index contributed by atoms with van der Waals surface area (Å²) in [6, 6.07) is 4.49. The number of phenolic OH excluding ortho intramolecular Hbond substituents is 1. The summed E-state index contributed by atoms with van der Waals surface area (Å²) in [6.07, 6.45) is -3.07. The van der Waals surface area contributed by atoms with Gasteiger partial charge in [0.25, 0.3) is 0 Å². The van der Waals surface area contributed by atoms with E-state index in [1.807, 2.05) is 0 Å². The first-order valence-electron chi connectivity index (χ1n) is 6.84. The molecule has 0 radical (unpaired) electrons. The molecule has 4 atom stereocenters. The Hall–Kier alpha value is -2.13. The number of aromatic hydroxyl groups is 1. The van der Waals surface area contributed by atoms with E-state index in [0.29, 0.717) is 5.56 Å². The van der Waals surface area contributed by atoms with Crippen LogP contribution in [0.5, 0.6) is 11.5 Å². The molecule has 0 saturated carbocycles. The number of aliphatic hydroxyl groups excluding tert-OH is 3. The van der Waals surface area contributed by atoms with Crippen LogP contribution in [0.1, 0.15) is 5.56 Å². The molecule has 0 amide bonds.